The average molecular weight is 256 g/mol. The molecule has 19 heavy (non-hydrogen) atoms. The molecule has 0 aliphatic rings. The summed E-state index contributed by atoms with van der Waals surface area (Å²) < 4.78 is 15.2. The summed E-state index contributed by atoms with van der Waals surface area (Å²) in [6, 6.07) is 12.1. The third-order valence-electron chi connectivity index (χ3n) is 3.15. The lowest BCUT2D eigenvalue weighted by atomic mass is 10.1. The van der Waals surface area contributed by atoms with Crippen molar-refractivity contribution in [3.63, 3.8) is 0 Å². The molecule has 0 fully saturated rings. The molecule has 1 N–H and O–H groups in total. The number of aliphatic hydroxyl groups excluding tert-OH is 1. The zero-order valence-electron chi connectivity index (χ0n) is 10.4. The van der Waals surface area contributed by atoms with E-state index in [9.17, 15) is 9.50 Å². The first-order valence-electron chi connectivity index (χ1n) is 6.07. The van der Waals surface area contributed by atoms with Crippen molar-refractivity contribution in [2.24, 2.45) is 0 Å². The van der Waals surface area contributed by atoms with Gasteiger partial charge in [0.1, 0.15) is 12.1 Å². The van der Waals surface area contributed by atoms with Crippen molar-refractivity contribution in [2.45, 2.75) is 13.0 Å². The average Bonchev–Trinajstić information content (AvgIpc) is 2.82. The van der Waals surface area contributed by atoms with E-state index in [4.69, 9.17) is 0 Å². The van der Waals surface area contributed by atoms with Gasteiger partial charge in [-0.05, 0) is 37.3 Å². The lowest BCUT2D eigenvalue weighted by molar-refractivity contribution is 0.198. The number of nitrogens with zero attached hydrogens (tertiary/aromatic N) is 2. The van der Waals surface area contributed by atoms with Crippen molar-refractivity contribution >= 4 is 11.0 Å². The minimum absolute atomic E-state index is 0.357. The first-order chi connectivity index (χ1) is 9.16. The number of benzene rings is 2. The second kappa shape index (κ2) is 4.48. The van der Waals surface area contributed by atoms with E-state index < -0.39 is 6.10 Å². The van der Waals surface area contributed by atoms with Crippen LogP contribution >= 0.6 is 0 Å². The molecule has 0 spiro atoms. The van der Waals surface area contributed by atoms with Gasteiger partial charge < -0.3 is 5.11 Å². The number of fused-ring (bicyclic) bond motifs is 1. The number of aliphatic hydroxyl groups is 1. The van der Waals surface area contributed by atoms with Crippen molar-refractivity contribution in [3.8, 4) is 5.69 Å². The maximum absolute atomic E-state index is 13.3. The predicted octanol–water partition coefficient (Wildman–Crippen LogP) is 3.22. The lowest BCUT2D eigenvalue weighted by Crippen LogP contribution is -2.02. The molecule has 0 aliphatic heterocycles. The molecule has 0 radical (unpaired) electrons. The first-order valence-corrected chi connectivity index (χ1v) is 6.07. The number of halogens is 1. The summed E-state index contributed by atoms with van der Waals surface area (Å²) >= 11 is 0. The Kier molecular flexibility index (Phi) is 2.80. The Bertz CT molecular complexity index is 734. The van der Waals surface area contributed by atoms with Gasteiger partial charge in [-0.25, -0.2) is 9.37 Å². The molecule has 1 heterocycles. The van der Waals surface area contributed by atoms with E-state index in [1.807, 2.05) is 28.8 Å². The number of aromatic nitrogens is 2. The molecule has 0 amide bonds. The number of hydrogen-bond acceptors (Lipinski definition) is 2. The summed E-state index contributed by atoms with van der Waals surface area (Å²) in [7, 11) is 0. The Balaban J connectivity index is 2.27. The Hall–Kier alpha value is -2.20. The molecular weight excluding hydrogens is 243 g/mol. The standard InChI is InChI=1S/C15H13FN2O/c1-10(19)12-8-11(16)6-7-14(12)18-9-17-13-4-2-3-5-15(13)18/h2-10,19H,1H3/t10-/m0/s1. The van der Waals surface area contributed by atoms with Gasteiger partial charge in [0.2, 0.25) is 0 Å². The van der Waals surface area contributed by atoms with E-state index in [2.05, 4.69) is 4.98 Å². The van der Waals surface area contributed by atoms with E-state index in [0.29, 0.717) is 5.56 Å². The van der Waals surface area contributed by atoms with Gasteiger partial charge in [-0.3, -0.25) is 4.57 Å². The highest BCUT2D eigenvalue weighted by Gasteiger charge is 2.13. The number of rotatable bonds is 2. The van der Waals surface area contributed by atoms with Crippen molar-refractivity contribution in [1.29, 1.82) is 0 Å². The van der Waals surface area contributed by atoms with Crippen molar-refractivity contribution < 1.29 is 9.50 Å². The van der Waals surface area contributed by atoms with E-state index in [0.717, 1.165) is 16.7 Å². The zero-order chi connectivity index (χ0) is 13.4. The molecule has 3 aromatic rings. The van der Waals surface area contributed by atoms with Crippen LogP contribution in [0.5, 0.6) is 0 Å². The molecule has 1 aromatic heterocycles. The van der Waals surface area contributed by atoms with E-state index in [1.54, 1.807) is 19.3 Å². The molecule has 3 rings (SSSR count). The van der Waals surface area contributed by atoms with Crippen LogP contribution < -0.4 is 0 Å². The Morgan fingerprint density at radius 2 is 2.00 bits per heavy atom. The number of imidazole rings is 1. The van der Waals surface area contributed by atoms with Crippen LogP contribution in [0, 0.1) is 5.82 Å². The van der Waals surface area contributed by atoms with Gasteiger partial charge in [-0.15, -0.1) is 0 Å². The molecule has 0 aliphatic carbocycles. The van der Waals surface area contributed by atoms with Crippen LogP contribution in [0.2, 0.25) is 0 Å². The van der Waals surface area contributed by atoms with E-state index in [-0.39, 0.29) is 5.82 Å². The predicted molar refractivity (Wildman–Crippen MR) is 71.7 cm³/mol. The molecule has 96 valence electrons. The summed E-state index contributed by atoms with van der Waals surface area (Å²) in [5.74, 6) is -0.357. The van der Waals surface area contributed by atoms with Gasteiger partial charge in [0.05, 0.1) is 22.8 Å². The molecule has 0 unspecified atom stereocenters. The lowest BCUT2D eigenvalue weighted by Gasteiger charge is -2.13. The third kappa shape index (κ3) is 2.00. The van der Waals surface area contributed by atoms with Crippen LogP contribution in [0.15, 0.2) is 48.8 Å². The van der Waals surface area contributed by atoms with Gasteiger partial charge in [0.15, 0.2) is 0 Å². The fraction of sp³-hybridized carbons (Fsp3) is 0.133. The fourth-order valence-electron chi connectivity index (χ4n) is 2.23. The van der Waals surface area contributed by atoms with Crippen molar-refractivity contribution in [1.82, 2.24) is 9.55 Å². The molecule has 0 saturated carbocycles. The summed E-state index contributed by atoms with van der Waals surface area (Å²) in [5.41, 5.74) is 3.08. The second-order valence-electron chi connectivity index (χ2n) is 4.48. The highest BCUT2D eigenvalue weighted by atomic mass is 19.1. The third-order valence-corrected chi connectivity index (χ3v) is 3.15. The minimum Gasteiger partial charge on any atom is -0.389 e. The molecule has 3 nitrogen and oxygen atoms in total. The smallest absolute Gasteiger partial charge is 0.123 e. The largest absolute Gasteiger partial charge is 0.389 e. The van der Waals surface area contributed by atoms with Crippen LogP contribution in [-0.2, 0) is 0 Å². The van der Waals surface area contributed by atoms with Gasteiger partial charge in [-0.2, -0.15) is 0 Å². The number of hydrogen-bond donors (Lipinski definition) is 1. The normalized spacial score (nSPS) is 12.8. The fourth-order valence-corrected chi connectivity index (χ4v) is 2.23. The Morgan fingerprint density at radius 3 is 2.79 bits per heavy atom. The Labute approximate surface area is 109 Å². The maximum Gasteiger partial charge on any atom is 0.123 e. The van der Waals surface area contributed by atoms with Crippen LogP contribution in [0.4, 0.5) is 4.39 Å². The molecular formula is C15H13FN2O. The summed E-state index contributed by atoms with van der Waals surface area (Å²) in [5, 5.41) is 9.80. The van der Waals surface area contributed by atoms with Gasteiger partial charge in [-0.1, -0.05) is 12.1 Å². The van der Waals surface area contributed by atoms with Crippen LogP contribution in [0.1, 0.15) is 18.6 Å². The highest BCUT2D eigenvalue weighted by Crippen LogP contribution is 2.25. The van der Waals surface area contributed by atoms with Gasteiger partial charge >= 0.3 is 0 Å². The molecule has 2 aromatic carbocycles. The van der Waals surface area contributed by atoms with Crippen LogP contribution in [0.25, 0.3) is 16.7 Å². The monoisotopic (exact) mass is 256 g/mol. The highest BCUT2D eigenvalue weighted by molar-refractivity contribution is 5.77. The number of para-hydroxylation sites is 2. The minimum atomic E-state index is -0.744. The molecule has 1 atom stereocenters. The zero-order valence-corrected chi connectivity index (χ0v) is 10.4. The summed E-state index contributed by atoms with van der Waals surface area (Å²) in [6.45, 7) is 1.62. The summed E-state index contributed by atoms with van der Waals surface area (Å²) in [4.78, 5) is 4.31. The quantitative estimate of drug-likeness (QED) is 0.764. The van der Waals surface area contributed by atoms with E-state index >= 15 is 0 Å². The summed E-state index contributed by atoms with van der Waals surface area (Å²) in [6.07, 6.45) is 0.941. The van der Waals surface area contributed by atoms with Crippen molar-refractivity contribution in [3.05, 3.63) is 60.2 Å². The molecule has 0 bridgehead atoms. The van der Waals surface area contributed by atoms with Crippen LogP contribution in [-0.4, -0.2) is 14.7 Å². The first kappa shape index (κ1) is 11.9. The van der Waals surface area contributed by atoms with Gasteiger partial charge in [0.25, 0.3) is 0 Å². The van der Waals surface area contributed by atoms with Crippen LogP contribution in [0.3, 0.4) is 0 Å². The topological polar surface area (TPSA) is 38.0 Å². The van der Waals surface area contributed by atoms with Gasteiger partial charge in [0, 0.05) is 5.56 Å². The van der Waals surface area contributed by atoms with E-state index in [1.165, 1.54) is 12.1 Å². The van der Waals surface area contributed by atoms with Crippen molar-refractivity contribution in [2.75, 3.05) is 0 Å². The molecule has 0 saturated heterocycles. The maximum atomic E-state index is 13.3. The molecule has 4 heteroatoms. The SMILES string of the molecule is C[C@H](O)c1cc(F)ccc1-n1cnc2ccccc21. The second-order valence-corrected chi connectivity index (χ2v) is 4.48. The Morgan fingerprint density at radius 1 is 1.21 bits per heavy atom.